The lowest BCUT2D eigenvalue weighted by molar-refractivity contribution is -0.139. The van der Waals surface area contributed by atoms with Crippen molar-refractivity contribution in [1.82, 2.24) is 4.90 Å². The quantitative estimate of drug-likeness (QED) is 0.589. The second-order valence-electron chi connectivity index (χ2n) is 6.08. The SMILES string of the molecule is COc1cc(/C=C2/SC(=O)N(Cc3ccccc3Cl)C2=O)cc(Cl)c1OCC(=O)O. The summed E-state index contributed by atoms with van der Waals surface area (Å²) in [5, 5.41) is 8.94. The molecule has 2 aromatic rings. The maximum atomic E-state index is 12.7. The molecule has 0 bridgehead atoms. The summed E-state index contributed by atoms with van der Waals surface area (Å²) in [7, 11) is 1.38. The number of carbonyl (C=O) groups is 3. The number of nitrogens with zero attached hydrogens (tertiary/aromatic N) is 1. The first kappa shape index (κ1) is 22.0. The van der Waals surface area contributed by atoms with E-state index in [-0.39, 0.29) is 28.0 Å². The van der Waals surface area contributed by atoms with Gasteiger partial charge in [0.1, 0.15) is 0 Å². The van der Waals surface area contributed by atoms with Gasteiger partial charge in [-0.05, 0) is 47.2 Å². The molecular weight excluding hydrogens is 453 g/mol. The fraction of sp³-hybridized carbons (Fsp3) is 0.150. The molecule has 1 saturated heterocycles. The Kier molecular flexibility index (Phi) is 6.91. The van der Waals surface area contributed by atoms with Crippen LogP contribution in [-0.4, -0.2) is 40.8 Å². The molecule has 1 aliphatic rings. The van der Waals surface area contributed by atoms with Crippen molar-refractivity contribution in [3.05, 3.63) is 62.5 Å². The minimum Gasteiger partial charge on any atom is -0.493 e. The van der Waals surface area contributed by atoms with E-state index in [1.807, 2.05) is 0 Å². The highest BCUT2D eigenvalue weighted by atomic mass is 35.5. The van der Waals surface area contributed by atoms with Crippen molar-refractivity contribution in [3.8, 4) is 11.5 Å². The standard InChI is InChI=1S/C20H15Cl2NO6S/c1-28-15-7-11(6-14(22)18(15)29-10-17(24)25)8-16-19(26)23(20(27)30-16)9-12-4-2-3-5-13(12)21/h2-8H,9-10H2,1H3,(H,24,25)/b16-8+. The second kappa shape index (κ2) is 9.42. The number of imide groups is 1. The summed E-state index contributed by atoms with van der Waals surface area (Å²) in [6.07, 6.45) is 1.51. The molecule has 1 N–H and O–H groups in total. The number of hydrogen-bond acceptors (Lipinski definition) is 6. The molecule has 30 heavy (non-hydrogen) atoms. The van der Waals surface area contributed by atoms with Crippen LogP contribution in [0.2, 0.25) is 10.0 Å². The van der Waals surface area contributed by atoms with Crippen LogP contribution in [0.15, 0.2) is 41.3 Å². The molecule has 1 aliphatic heterocycles. The van der Waals surface area contributed by atoms with E-state index in [2.05, 4.69) is 0 Å². The van der Waals surface area contributed by atoms with Gasteiger partial charge in [-0.15, -0.1) is 0 Å². The Balaban J connectivity index is 1.85. The number of amides is 2. The molecule has 0 aromatic heterocycles. The number of carboxylic acids is 1. The van der Waals surface area contributed by atoms with Gasteiger partial charge in [0.2, 0.25) is 0 Å². The topological polar surface area (TPSA) is 93.1 Å². The van der Waals surface area contributed by atoms with Crippen LogP contribution in [0, 0.1) is 0 Å². The third kappa shape index (κ3) is 4.89. The monoisotopic (exact) mass is 467 g/mol. The molecular formula is C20H15Cl2NO6S. The van der Waals surface area contributed by atoms with Crippen LogP contribution in [-0.2, 0) is 16.1 Å². The van der Waals surface area contributed by atoms with Gasteiger partial charge in [-0.3, -0.25) is 14.5 Å². The number of ether oxygens (including phenoxy) is 2. The van der Waals surface area contributed by atoms with Gasteiger partial charge in [-0.1, -0.05) is 41.4 Å². The van der Waals surface area contributed by atoms with Gasteiger partial charge < -0.3 is 14.6 Å². The van der Waals surface area contributed by atoms with Crippen molar-refractivity contribution >= 4 is 58.2 Å². The molecule has 156 valence electrons. The largest absolute Gasteiger partial charge is 0.493 e. The zero-order chi connectivity index (χ0) is 21.8. The first-order valence-corrected chi connectivity index (χ1v) is 10.1. The van der Waals surface area contributed by atoms with E-state index in [9.17, 15) is 14.4 Å². The lowest BCUT2D eigenvalue weighted by Crippen LogP contribution is -2.27. The molecule has 0 atom stereocenters. The summed E-state index contributed by atoms with van der Waals surface area (Å²) in [6.45, 7) is -0.524. The van der Waals surface area contributed by atoms with Crippen molar-refractivity contribution in [2.75, 3.05) is 13.7 Å². The first-order chi connectivity index (χ1) is 14.3. The van der Waals surface area contributed by atoms with E-state index in [0.29, 0.717) is 16.1 Å². The summed E-state index contributed by atoms with van der Waals surface area (Å²) < 4.78 is 10.4. The van der Waals surface area contributed by atoms with Crippen molar-refractivity contribution in [2.24, 2.45) is 0 Å². The molecule has 1 heterocycles. The van der Waals surface area contributed by atoms with E-state index in [1.165, 1.54) is 25.3 Å². The van der Waals surface area contributed by atoms with Gasteiger partial charge in [0.25, 0.3) is 11.1 Å². The Morgan fingerprint density at radius 2 is 1.93 bits per heavy atom. The van der Waals surface area contributed by atoms with Crippen molar-refractivity contribution in [3.63, 3.8) is 0 Å². The average Bonchev–Trinajstić information content (AvgIpc) is 2.95. The number of hydrogen-bond donors (Lipinski definition) is 1. The minimum absolute atomic E-state index is 0.0632. The maximum Gasteiger partial charge on any atom is 0.341 e. The fourth-order valence-corrected chi connectivity index (χ4v) is 3.99. The van der Waals surface area contributed by atoms with Crippen LogP contribution < -0.4 is 9.47 Å². The average molecular weight is 468 g/mol. The van der Waals surface area contributed by atoms with Crippen LogP contribution >= 0.6 is 35.0 Å². The van der Waals surface area contributed by atoms with E-state index >= 15 is 0 Å². The molecule has 0 radical (unpaired) electrons. The number of rotatable bonds is 7. The Morgan fingerprint density at radius 1 is 1.20 bits per heavy atom. The molecule has 3 rings (SSSR count). The maximum absolute atomic E-state index is 12.7. The normalized spacial score (nSPS) is 15.0. The third-order valence-electron chi connectivity index (χ3n) is 4.05. The molecule has 0 unspecified atom stereocenters. The third-order valence-corrected chi connectivity index (χ3v) is 5.61. The summed E-state index contributed by atoms with van der Waals surface area (Å²) in [6, 6.07) is 10.00. The number of carboxylic acid groups (broad SMARTS) is 1. The predicted molar refractivity (Wildman–Crippen MR) is 114 cm³/mol. The smallest absolute Gasteiger partial charge is 0.341 e. The first-order valence-electron chi connectivity index (χ1n) is 8.51. The number of benzene rings is 2. The summed E-state index contributed by atoms with van der Waals surface area (Å²) in [5.74, 6) is -1.34. The molecule has 0 aliphatic carbocycles. The number of carbonyl (C=O) groups excluding carboxylic acids is 2. The Bertz CT molecular complexity index is 1060. The fourth-order valence-electron chi connectivity index (χ4n) is 2.68. The highest BCUT2D eigenvalue weighted by Crippen LogP contribution is 2.39. The van der Waals surface area contributed by atoms with Gasteiger partial charge in [0, 0.05) is 5.02 Å². The van der Waals surface area contributed by atoms with E-state index in [1.54, 1.807) is 24.3 Å². The van der Waals surface area contributed by atoms with Gasteiger partial charge in [-0.2, -0.15) is 0 Å². The van der Waals surface area contributed by atoms with E-state index in [0.717, 1.165) is 16.7 Å². The van der Waals surface area contributed by atoms with Crippen molar-refractivity contribution < 1.29 is 29.0 Å². The van der Waals surface area contributed by atoms with Gasteiger partial charge in [0.15, 0.2) is 18.1 Å². The molecule has 1 fully saturated rings. The van der Waals surface area contributed by atoms with Crippen molar-refractivity contribution in [2.45, 2.75) is 6.54 Å². The Morgan fingerprint density at radius 3 is 2.60 bits per heavy atom. The lowest BCUT2D eigenvalue weighted by atomic mass is 10.1. The zero-order valence-electron chi connectivity index (χ0n) is 15.6. The molecule has 7 nitrogen and oxygen atoms in total. The van der Waals surface area contributed by atoms with Crippen LogP contribution in [0.5, 0.6) is 11.5 Å². The molecule has 10 heteroatoms. The highest BCUT2D eigenvalue weighted by Gasteiger charge is 2.35. The van der Waals surface area contributed by atoms with E-state index in [4.69, 9.17) is 37.8 Å². The highest BCUT2D eigenvalue weighted by molar-refractivity contribution is 8.18. The zero-order valence-corrected chi connectivity index (χ0v) is 17.9. The summed E-state index contributed by atoms with van der Waals surface area (Å²) >= 11 is 13.1. The molecule has 0 spiro atoms. The Labute approximate surface area is 186 Å². The number of aliphatic carboxylic acids is 1. The second-order valence-corrected chi connectivity index (χ2v) is 7.88. The lowest BCUT2D eigenvalue weighted by Gasteiger charge is -2.13. The molecule has 2 aromatic carbocycles. The van der Waals surface area contributed by atoms with Gasteiger partial charge in [-0.25, -0.2) is 4.79 Å². The van der Waals surface area contributed by atoms with E-state index < -0.39 is 23.7 Å². The number of methoxy groups -OCH3 is 1. The minimum atomic E-state index is -1.16. The van der Waals surface area contributed by atoms with Gasteiger partial charge in [0.05, 0.1) is 23.6 Å². The summed E-state index contributed by atoms with van der Waals surface area (Å²) in [4.78, 5) is 37.1. The predicted octanol–water partition coefficient (Wildman–Crippen LogP) is 4.70. The van der Waals surface area contributed by atoms with Crippen LogP contribution in [0.1, 0.15) is 11.1 Å². The Hall–Kier alpha value is -2.68. The van der Waals surface area contributed by atoms with Gasteiger partial charge >= 0.3 is 5.97 Å². The molecule has 0 saturated carbocycles. The number of thioether (sulfide) groups is 1. The molecule has 2 amide bonds. The van der Waals surface area contributed by atoms with Crippen molar-refractivity contribution in [1.29, 1.82) is 0 Å². The summed E-state index contributed by atoms with van der Waals surface area (Å²) in [5.41, 5.74) is 1.15. The number of halogens is 2. The van der Waals surface area contributed by atoms with Crippen LogP contribution in [0.3, 0.4) is 0 Å². The van der Waals surface area contributed by atoms with Crippen LogP contribution in [0.4, 0.5) is 4.79 Å². The van der Waals surface area contributed by atoms with Crippen LogP contribution in [0.25, 0.3) is 6.08 Å².